The first kappa shape index (κ1) is 13.2. The Labute approximate surface area is 120 Å². The molecule has 0 atom stereocenters. The molecule has 2 heteroatoms. The molecule has 0 bridgehead atoms. The lowest BCUT2D eigenvalue weighted by molar-refractivity contribution is 0.414. The minimum atomic E-state index is 0.926. The monoisotopic (exact) mass is 267 g/mol. The van der Waals surface area contributed by atoms with Crippen molar-refractivity contribution in [1.82, 2.24) is 5.32 Å². The van der Waals surface area contributed by atoms with Crippen molar-refractivity contribution in [3.8, 4) is 5.75 Å². The van der Waals surface area contributed by atoms with Crippen LogP contribution in [0.5, 0.6) is 5.75 Å². The molecule has 2 nitrogen and oxygen atoms in total. The van der Waals surface area contributed by atoms with Gasteiger partial charge < -0.3 is 10.1 Å². The Morgan fingerprint density at radius 1 is 1.05 bits per heavy atom. The van der Waals surface area contributed by atoms with Crippen molar-refractivity contribution in [3.05, 3.63) is 64.7 Å². The molecule has 1 N–H and O–H groups in total. The van der Waals surface area contributed by atoms with Crippen molar-refractivity contribution in [2.75, 3.05) is 13.7 Å². The quantitative estimate of drug-likeness (QED) is 0.919. The number of nitrogens with one attached hydrogen (secondary N) is 1. The molecule has 2 aromatic carbocycles. The first-order chi connectivity index (χ1) is 9.86. The van der Waals surface area contributed by atoms with Gasteiger partial charge in [-0.25, -0.2) is 0 Å². The van der Waals surface area contributed by atoms with Crippen LogP contribution in [0.2, 0.25) is 0 Å². The van der Waals surface area contributed by atoms with Crippen molar-refractivity contribution in [1.29, 1.82) is 0 Å². The Kier molecular flexibility index (Phi) is 4.03. The summed E-state index contributed by atoms with van der Waals surface area (Å²) in [5, 5.41) is 3.48. The molecule has 1 heterocycles. The van der Waals surface area contributed by atoms with Gasteiger partial charge in [-0.3, -0.25) is 0 Å². The van der Waals surface area contributed by atoms with Crippen LogP contribution in [-0.2, 0) is 25.8 Å². The third-order valence-electron chi connectivity index (χ3n) is 4.09. The maximum absolute atomic E-state index is 5.20. The average molecular weight is 267 g/mol. The summed E-state index contributed by atoms with van der Waals surface area (Å²) in [6.45, 7) is 2.13. The molecular weight excluding hydrogens is 246 g/mol. The third-order valence-corrected chi connectivity index (χ3v) is 4.09. The van der Waals surface area contributed by atoms with E-state index in [-0.39, 0.29) is 0 Å². The standard InChI is InChI=1S/C18H21NO/c1-20-17-9-6-14(7-10-17)5-8-15-3-2-4-16-11-12-19-13-18(15)16/h2-4,6-7,9-10,19H,5,8,11-13H2,1H3. The molecule has 20 heavy (non-hydrogen) atoms. The van der Waals surface area contributed by atoms with E-state index < -0.39 is 0 Å². The summed E-state index contributed by atoms with van der Waals surface area (Å²) in [6.07, 6.45) is 3.35. The molecule has 0 spiro atoms. The zero-order chi connectivity index (χ0) is 13.8. The number of rotatable bonds is 4. The maximum atomic E-state index is 5.20. The number of hydrogen-bond donors (Lipinski definition) is 1. The highest BCUT2D eigenvalue weighted by molar-refractivity contribution is 5.37. The fraction of sp³-hybridized carbons (Fsp3) is 0.333. The first-order valence-electron chi connectivity index (χ1n) is 7.30. The molecule has 1 aliphatic heterocycles. The average Bonchev–Trinajstić information content (AvgIpc) is 2.53. The van der Waals surface area contributed by atoms with E-state index in [0.29, 0.717) is 0 Å². The first-order valence-corrected chi connectivity index (χ1v) is 7.30. The largest absolute Gasteiger partial charge is 0.497 e. The van der Waals surface area contributed by atoms with E-state index in [2.05, 4.69) is 35.6 Å². The second-order valence-corrected chi connectivity index (χ2v) is 5.33. The lowest BCUT2D eigenvalue weighted by Gasteiger charge is -2.20. The summed E-state index contributed by atoms with van der Waals surface area (Å²) in [7, 11) is 1.71. The van der Waals surface area contributed by atoms with Gasteiger partial charge in [0, 0.05) is 6.54 Å². The molecule has 0 unspecified atom stereocenters. The van der Waals surface area contributed by atoms with Crippen molar-refractivity contribution in [2.45, 2.75) is 25.8 Å². The van der Waals surface area contributed by atoms with E-state index in [1.54, 1.807) is 7.11 Å². The van der Waals surface area contributed by atoms with Gasteiger partial charge in [-0.05, 0) is 60.2 Å². The highest BCUT2D eigenvalue weighted by atomic mass is 16.5. The molecule has 2 aromatic rings. The Morgan fingerprint density at radius 2 is 1.90 bits per heavy atom. The van der Waals surface area contributed by atoms with Gasteiger partial charge in [0.05, 0.1) is 7.11 Å². The number of benzene rings is 2. The number of hydrogen-bond acceptors (Lipinski definition) is 2. The van der Waals surface area contributed by atoms with Crippen LogP contribution < -0.4 is 10.1 Å². The molecule has 0 fully saturated rings. The van der Waals surface area contributed by atoms with Crippen molar-refractivity contribution < 1.29 is 4.74 Å². The van der Waals surface area contributed by atoms with Crippen LogP contribution in [0.25, 0.3) is 0 Å². The Balaban J connectivity index is 1.71. The lowest BCUT2D eigenvalue weighted by Crippen LogP contribution is -2.24. The van der Waals surface area contributed by atoms with Gasteiger partial charge in [-0.15, -0.1) is 0 Å². The fourth-order valence-corrected chi connectivity index (χ4v) is 2.89. The van der Waals surface area contributed by atoms with E-state index >= 15 is 0 Å². The summed E-state index contributed by atoms with van der Waals surface area (Å²) in [5.41, 5.74) is 5.90. The Morgan fingerprint density at radius 3 is 2.70 bits per heavy atom. The topological polar surface area (TPSA) is 21.3 Å². The van der Waals surface area contributed by atoms with Gasteiger partial charge in [0.25, 0.3) is 0 Å². The van der Waals surface area contributed by atoms with Crippen LogP contribution in [0.3, 0.4) is 0 Å². The molecule has 0 aromatic heterocycles. The molecule has 3 rings (SSSR count). The van der Waals surface area contributed by atoms with Crippen LogP contribution in [-0.4, -0.2) is 13.7 Å². The predicted molar refractivity (Wildman–Crippen MR) is 82.3 cm³/mol. The van der Waals surface area contributed by atoms with Gasteiger partial charge in [0.1, 0.15) is 5.75 Å². The van der Waals surface area contributed by atoms with Crippen LogP contribution in [0, 0.1) is 0 Å². The van der Waals surface area contributed by atoms with Crippen LogP contribution >= 0.6 is 0 Å². The van der Waals surface area contributed by atoms with Crippen LogP contribution in [0.4, 0.5) is 0 Å². The summed E-state index contributed by atoms with van der Waals surface area (Å²) in [5.74, 6) is 0.926. The smallest absolute Gasteiger partial charge is 0.118 e. The van der Waals surface area contributed by atoms with Gasteiger partial charge in [-0.2, -0.15) is 0 Å². The van der Waals surface area contributed by atoms with Crippen molar-refractivity contribution in [3.63, 3.8) is 0 Å². The molecule has 0 amide bonds. The second kappa shape index (κ2) is 6.10. The zero-order valence-corrected chi connectivity index (χ0v) is 12.0. The summed E-state index contributed by atoms with van der Waals surface area (Å²) >= 11 is 0. The Hall–Kier alpha value is -1.80. The number of aryl methyl sites for hydroxylation is 2. The minimum Gasteiger partial charge on any atom is -0.497 e. The number of ether oxygens (including phenoxy) is 1. The normalized spacial score (nSPS) is 13.8. The highest BCUT2D eigenvalue weighted by Gasteiger charge is 2.11. The summed E-state index contributed by atoms with van der Waals surface area (Å²) < 4.78 is 5.20. The zero-order valence-electron chi connectivity index (χ0n) is 12.0. The molecule has 0 radical (unpaired) electrons. The SMILES string of the molecule is COc1ccc(CCc2cccc3c2CNCC3)cc1. The second-order valence-electron chi connectivity index (χ2n) is 5.33. The maximum Gasteiger partial charge on any atom is 0.118 e. The molecule has 0 aliphatic carbocycles. The number of fused-ring (bicyclic) bond motifs is 1. The lowest BCUT2D eigenvalue weighted by atomic mass is 9.92. The van der Waals surface area contributed by atoms with E-state index in [1.165, 1.54) is 22.3 Å². The van der Waals surface area contributed by atoms with Crippen molar-refractivity contribution >= 4 is 0 Å². The van der Waals surface area contributed by atoms with Crippen LogP contribution in [0.15, 0.2) is 42.5 Å². The van der Waals surface area contributed by atoms with Gasteiger partial charge in [0.15, 0.2) is 0 Å². The fourth-order valence-electron chi connectivity index (χ4n) is 2.89. The number of methoxy groups -OCH3 is 1. The van der Waals surface area contributed by atoms with E-state index in [1.807, 2.05) is 12.1 Å². The van der Waals surface area contributed by atoms with E-state index in [9.17, 15) is 0 Å². The van der Waals surface area contributed by atoms with Gasteiger partial charge in [-0.1, -0.05) is 30.3 Å². The molecule has 0 saturated heterocycles. The molecule has 104 valence electrons. The summed E-state index contributed by atoms with van der Waals surface area (Å²) in [4.78, 5) is 0. The van der Waals surface area contributed by atoms with Gasteiger partial charge in [0.2, 0.25) is 0 Å². The third kappa shape index (κ3) is 2.86. The minimum absolute atomic E-state index is 0.926. The molecular formula is C18H21NO. The molecule has 1 aliphatic rings. The van der Waals surface area contributed by atoms with Crippen LogP contribution in [0.1, 0.15) is 22.3 Å². The highest BCUT2D eigenvalue weighted by Crippen LogP contribution is 2.20. The van der Waals surface area contributed by atoms with Gasteiger partial charge >= 0.3 is 0 Å². The van der Waals surface area contributed by atoms with E-state index in [0.717, 1.165) is 38.1 Å². The van der Waals surface area contributed by atoms with Crippen molar-refractivity contribution in [2.24, 2.45) is 0 Å². The predicted octanol–water partition coefficient (Wildman–Crippen LogP) is 3.13. The molecule has 0 saturated carbocycles. The van der Waals surface area contributed by atoms with E-state index in [4.69, 9.17) is 4.74 Å². The Bertz CT molecular complexity index is 574. The summed E-state index contributed by atoms with van der Waals surface area (Å²) in [6, 6.07) is 15.1.